The highest BCUT2D eigenvalue weighted by Gasteiger charge is 2.27. The number of hydrogen-bond acceptors (Lipinski definition) is 3. The number of alkyl halides is 3. The van der Waals surface area contributed by atoms with Gasteiger partial charge >= 0.3 is 6.18 Å². The maximum Gasteiger partial charge on any atom is 0.411 e. The topological polar surface area (TPSA) is 58.5 Å². The highest BCUT2D eigenvalue weighted by atomic mass is 35.5. The van der Waals surface area contributed by atoms with Gasteiger partial charge in [-0.1, -0.05) is 17.7 Å². The van der Waals surface area contributed by atoms with Crippen molar-refractivity contribution in [2.45, 2.75) is 25.9 Å². The first-order valence-corrected chi connectivity index (χ1v) is 8.05. The number of hydrogen-bond donors (Lipinski definition) is 2. The second kappa shape index (κ2) is 11.1. The summed E-state index contributed by atoms with van der Waals surface area (Å²) in [5.74, 6) is 0.621. The molecule has 0 aliphatic heterocycles. The van der Waals surface area contributed by atoms with Crippen molar-refractivity contribution in [2.75, 3.05) is 32.8 Å². The molecule has 0 fully saturated rings. The molecule has 0 aromatic carbocycles. The number of rotatable bonds is 9. The van der Waals surface area contributed by atoms with E-state index in [-0.39, 0.29) is 6.61 Å². The van der Waals surface area contributed by atoms with Crippen LogP contribution in [0.2, 0.25) is 5.15 Å². The fourth-order valence-electron chi connectivity index (χ4n) is 1.77. The third-order valence-electron chi connectivity index (χ3n) is 2.82. The number of aromatic nitrogens is 1. The number of guanidine groups is 1. The molecule has 0 atom stereocenters. The monoisotopic (exact) mass is 366 g/mol. The van der Waals surface area contributed by atoms with E-state index in [1.165, 1.54) is 0 Å². The summed E-state index contributed by atoms with van der Waals surface area (Å²) in [5, 5.41) is 6.68. The average molecular weight is 367 g/mol. The van der Waals surface area contributed by atoms with E-state index in [2.05, 4.69) is 25.3 Å². The van der Waals surface area contributed by atoms with Gasteiger partial charge in [0.1, 0.15) is 11.8 Å². The zero-order chi connectivity index (χ0) is 17.8. The number of pyridine rings is 1. The maximum atomic E-state index is 11.9. The highest BCUT2D eigenvalue weighted by Crippen LogP contribution is 2.14. The highest BCUT2D eigenvalue weighted by molar-refractivity contribution is 6.29. The molecule has 5 nitrogen and oxygen atoms in total. The Kier molecular flexibility index (Phi) is 9.48. The lowest BCUT2D eigenvalue weighted by molar-refractivity contribution is -0.173. The predicted molar refractivity (Wildman–Crippen MR) is 88.4 cm³/mol. The van der Waals surface area contributed by atoms with Crippen LogP contribution in [0, 0.1) is 0 Å². The molecule has 0 spiro atoms. The summed E-state index contributed by atoms with van der Waals surface area (Å²) < 4.78 is 40.3. The van der Waals surface area contributed by atoms with E-state index in [1.807, 2.05) is 13.0 Å². The van der Waals surface area contributed by atoms with E-state index in [0.29, 0.717) is 37.2 Å². The molecule has 1 aromatic heterocycles. The lowest BCUT2D eigenvalue weighted by Crippen LogP contribution is -2.38. The van der Waals surface area contributed by atoms with Gasteiger partial charge in [-0.2, -0.15) is 13.2 Å². The summed E-state index contributed by atoms with van der Waals surface area (Å²) in [6.45, 7) is 2.48. The Morgan fingerprint density at radius 1 is 1.33 bits per heavy atom. The second-order valence-electron chi connectivity index (χ2n) is 4.95. The number of halogens is 4. The van der Waals surface area contributed by atoms with Crippen LogP contribution in [0.3, 0.4) is 0 Å². The first kappa shape index (κ1) is 20.5. The van der Waals surface area contributed by atoms with Gasteiger partial charge in [0.2, 0.25) is 0 Å². The molecular weight excluding hydrogens is 345 g/mol. The molecule has 0 saturated carbocycles. The Labute approximate surface area is 144 Å². The first-order chi connectivity index (χ1) is 11.4. The minimum absolute atomic E-state index is 0.0266. The quantitative estimate of drug-likeness (QED) is 0.305. The van der Waals surface area contributed by atoms with Crippen molar-refractivity contribution in [2.24, 2.45) is 4.99 Å². The molecule has 2 N–H and O–H groups in total. The van der Waals surface area contributed by atoms with E-state index >= 15 is 0 Å². The Hall–Kier alpha value is -1.54. The van der Waals surface area contributed by atoms with Gasteiger partial charge in [-0.15, -0.1) is 0 Å². The summed E-state index contributed by atoms with van der Waals surface area (Å²) in [4.78, 5) is 8.30. The van der Waals surface area contributed by atoms with E-state index in [0.717, 1.165) is 12.0 Å². The Bertz CT molecular complexity index is 494. The molecule has 0 amide bonds. The molecule has 0 unspecified atom stereocenters. The predicted octanol–water partition coefficient (Wildman–Crippen LogP) is 2.80. The van der Waals surface area contributed by atoms with Crippen molar-refractivity contribution in [1.29, 1.82) is 0 Å². The lowest BCUT2D eigenvalue weighted by atomic mass is 10.2. The second-order valence-corrected chi connectivity index (χ2v) is 5.34. The van der Waals surface area contributed by atoms with Crippen LogP contribution < -0.4 is 10.6 Å². The third kappa shape index (κ3) is 10.3. The fraction of sp³-hybridized carbons (Fsp3) is 0.600. The molecule has 1 aromatic rings. The summed E-state index contributed by atoms with van der Waals surface area (Å²) in [7, 11) is 0. The molecule has 0 aliphatic rings. The first-order valence-electron chi connectivity index (χ1n) is 7.68. The molecule has 9 heteroatoms. The minimum Gasteiger partial charge on any atom is -0.372 e. The van der Waals surface area contributed by atoms with Crippen LogP contribution in [0.15, 0.2) is 23.3 Å². The van der Waals surface area contributed by atoms with Crippen LogP contribution in [-0.2, 0) is 11.2 Å². The molecule has 0 radical (unpaired) electrons. The summed E-state index contributed by atoms with van der Waals surface area (Å²) in [6, 6.07) is 3.64. The number of ether oxygens (including phenoxy) is 1. The van der Waals surface area contributed by atoms with Crippen molar-refractivity contribution in [1.82, 2.24) is 15.6 Å². The van der Waals surface area contributed by atoms with Crippen LogP contribution in [0.5, 0.6) is 0 Å². The number of aliphatic imine (C=N–C) groups is 1. The van der Waals surface area contributed by atoms with Gasteiger partial charge in [0, 0.05) is 32.4 Å². The Morgan fingerprint density at radius 3 is 2.75 bits per heavy atom. The molecule has 136 valence electrons. The summed E-state index contributed by atoms with van der Waals surface area (Å²) >= 11 is 5.73. The molecule has 1 heterocycles. The van der Waals surface area contributed by atoms with Gasteiger partial charge in [-0.3, -0.25) is 4.99 Å². The number of nitrogens with one attached hydrogen (secondary N) is 2. The van der Waals surface area contributed by atoms with Crippen LogP contribution >= 0.6 is 11.6 Å². The third-order valence-corrected chi connectivity index (χ3v) is 3.04. The standard InChI is InChI=1S/C15H22ClF3N4O/c1-2-20-14(21-7-3-9-24-11-15(17,18)19)22-8-6-12-4-5-13(16)23-10-12/h4-5,10H,2-3,6-9,11H2,1H3,(H2,20,21,22). The maximum absolute atomic E-state index is 11.9. The summed E-state index contributed by atoms with van der Waals surface area (Å²) in [5.41, 5.74) is 1.04. The molecule has 24 heavy (non-hydrogen) atoms. The number of nitrogens with zero attached hydrogens (tertiary/aromatic N) is 2. The molecule has 0 aliphatic carbocycles. The fourth-order valence-corrected chi connectivity index (χ4v) is 1.88. The van der Waals surface area contributed by atoms with E-state index < -0.39 is 12.8 Å². The minimum atomic E-state index is -4.28. The van der Waals surface area contributed by atoms with Gasteiger partial charge in [0.05, 0.1) is 0 Å². The van der Waals surface area contributed by atoms with Crippen LogP contribution in [-0.4, -0.2) is 50.0 Å². The van der Waals surface area contributed by atoms with Gasteiger partial charge < -0.3 is 15.4 Å². The largest absolute Gasteiger partial charge is 0.411 e. The smallest absolute Gasteiger partial charge is 0.372 e. The normalized spacial score (nSPS) is 12.3. The van der Waals surface area contributed by atoms with Crippen molar-refractivity contribution < 1.29 is 17.9 Å². The zero-order valence-corrected chi connectivity index (χ0v) is 14.3. The van der Waals surface area contributed by atoms with Crippen molar-refractivity contribution in [3.8, 4) is 0 Å². The van der Waals surface area contributed by atoms with E-state index in [1.54, 1.807) is 12.3 Å². The van der Waals surface area contributed by atoms with Crippen LogP contribution in [0.4, 0.5) is 13.2 Å². The molecular formula is C15H22ClF3N4O. The van der Waals surface area contributed by atoms with Gasteiger partial charge in [0.25, 0.3) is 0 Å². The van der Waals surface area contributed by atoms with Crippen molar-refractivity contribution >= 4 is 17.6 Å². The molecule has 0 bridgehead atoms. The van der Waals surface area contributed by atoms with Gasteiger partial charge in [-0.25, -0.2) is 4.98 Å². The van der Waals surface area contributed by atoms with Crippen molar-refractivity contribution in [3.05, 3.63) is 29.0 Å². The van der Waals surface area contributed by atoms with E-state index in [4.69, 9.17) is 11.6 Å². The summed E-state index contributed by atoms with van der Waals surface area (Å²) in [6.07, 6.45) is -1.39. The Morgan fingerprint density at radius 2 is 2.12 bits per heavy atom. The average Bonchev–Trinajstić information content (AvgIpc) is 2.51. The molecule has 1 rings (SSSR count). The van der Waals surface area contributed by atoms with Crippen LogP contribution in [0.1, 0.15) is 18.9 Å². The van der Waals surface area contributed by atoms with Crippen molar-refractivity contribution in [3.63, 3.8) is 0 Å². The van der Waals surface area contributed by atoms with Gasteiger partial charge in [-0.05, 0) is 31.4 Å². The van der Waals surface area contributed by atoms with Gasteiger partial charge in [0.15, 0.2) is 5.96 Å². The lowest BCUT2D eigenvalue weighted by Gasteiger charge is -2.11. The van der Waals surface area contributed by atoms with E-state index in [9.17, 15) is 13.2 Å². The zero-order valence-electron chi connectivity index (χ0n) is 13.5. The Balaban J connectivity index is 2.25. The SMILES string of the molecule is CCNC(=NCCCOCC(F)(F)F)NCCc1ccc(Cl)nc1. The molecule has 0 saturated heterocycles. The van der Waals surface area contributed by atoms with Crippen LogP contribution in [0.25, 0.3) is 0 Å².